The molecule has 0 aliphatic carbocycles. The van der Waals surface area contributed by atoms with Crippen LogP contribution in [0.5, 0.6) is 5.75 Å². The Morgan fingerprint density at radius 1 is 1.00 bits per heavy atom. The fraction of sp³-hybridized carbons (Fsp3) is 0.480. The summed E-state index contributed by atoms with van der Waals surface area (Å²) in [4.78, 5) is 11.7. The van der Waals surface area contributed by atoms with Gasteiger partial charge >= 0.3 is 5.97 Å². The number of ether oxygens (including phenoxy) is 1. The number of rotatable bonds is 13. The van der Waals surface area contributed by atoms with Gasteiger partial charge in [0.2, 0.25) is 0 Å². The largest absolute Gasteiger partial charge is 0.426 e. The molecule has 2 nitrogen and oxygen atoms in total. The molecule has 1 rings (SSSR count). The summed E-state index contributed by atoms with van der Waals surface area (Å²) in [7, 11) is 0. The zero-order valence-corrected chi connectivity index (χ0v) is 17.3. The molecule has 0 fully saturated rings. The summed E-state index contributed by atoms with van der Waals surface area (Å²) in [5.41, 5.74) is 1.05. The molecule has 27 heavy (non-hydrogen) atoms. The number of para-hydroxylation sites is 1. The number of allylic oxidation sites excluding steroid dienone is 6. The lowest BCUT2D eigenvalue weighted by atomic mass is 10.1. The first-order valence-electron chi connectivity index (χ1n) is 10.4. The third kappa shape index (κ3) is 11.3. The molecule has 0 saturated carbocycles. The molecule has 0 aliphatic rings. The van der Waals surface area contributed by atoms with Crippen molar-refractivity contribution in [1.29, 1.82) is 0 Å². The van der Waals surface area contributed by atoms with E-state index in [-0.39, 0.29) is 5.97 Å². The third-order valence-corrected chi connectivity index (χ3v) is 4.28. The van der Waals surface area contributed by atoms with Crippen LogP contribution in [0, 0.1) is 5.92 Å². The van der Waals surface area contributed by atoms with Crippen LogP contribution < -0.4 is 4.74 Å². The highest BCUT2D eigenvalue weighted by Crippen LogP contribution is 2.19. The molecule has 1 aromatic rings. The van der Waals surface area contributed by atoms with Gasteiger partial charge in [0.05, 0.1) is 0 Å². The van der Waals surface area contributed by atoms with Gasteiger partial charge < -0.3 is 4.74 Å². The van der Waals surface area contributed by atoms with Crippen LogP contribution in [-0.4, -0.2) is 5.97 Å². The fourth-order valence-electron chi connectivity index (χ4n) is 2.72. The van der Waals surface area contributed by atoms with Gasteiger partial charge in [0.25, 0.3) is 0 Å². The average molecular weight is 369 g/mol. The van der Waals surface area contributed by atoms with Gasteiger partial charge in [-0.3, -0.25) is 4.79 Å². The van der Waals surface area contributed by atoms with Crippen LogP contribution in [0.25, 0.3) is 0 Å². The summed E-state index contributed by atoms with van der Waals surface area (Å²) >= 11 is 0. The second-order valence-electron chi connectivity index (χ2n) is 6.95. The molecule has 0 heterocycles. The predicted octanol–water partition coefficient (Wildman–Crippen LogP) is 7.21. The van der Waals surface area contributed by atoms with Gasteiger partial charge in [0.1, 0.15) is 5.75 Å². The molecule has 0 aliphatic heterocycles. The minimum absolute atomic E-state index is 0.159. The van der Waals surface area contributed by atoms with E-state index in [1.807, 2.05) is 31.2 Å². The first-order valence-corrected chi connectivity index (χ1v) is 10.4. The van der Waals surface area contributed by atoms with Gasteiger partial charge in [-0.2, -0.15) is 0 Å². The average Bonchev–Trinajstić information content (AvgIpc) is 2.65. The molecule has 1 unspecified atom stereocenters. The van der Waals surface area contributed by atoms with Crippen molar-refractivity contribution in [2.45, 2.75) is 72.1 Å². The summed E-state index contributed by atoms with van der Waals surface area (Å²) in [6.07, 6.45) is 21.4. The lowest BCUT2D eigenvalue weighted by molar-refractivity contribution is -0.134. The third-order valence-electron chi connectivity index (χ3n) is 4.28. The fourth-order valence-corrected chi connectivity index (χ4v) is 2.72. The summed E-state index contributed by atoms with van der Waals surface area (Å²) in [6, 6.07) is 7.77. The molecule has 0 N–H and O–H groups in total. The maximum Gasteiger partial charge on any atom is 0.311 e. The molecular formula is C25H36O2. The van der Waals surface area contributed by atoms with Crippen molar-refractivity contribution in [3.05, 3.63) is 66.3 Å². The van der Waals surface area contributed by atoms with Crippen molar-refractivity contribution < 1.29 is 9.53 Å². The van der Waals surface area contributed by atoms with Gasteiger partial charge in [-0.25, -0.2) is 0 Å². The van der Waals surface area contributed by atoms with E-state index in [4.69, 9.17) is 4.74 Å². The molecular weight excluding hydrogens is 332 g/mol. The SMILES string of the molecule is CCCCC/C=C\C(C)/C=C\C/C=C\Cc1ccccc1OC(=O)CCC. The maximum absolute atomic E-state index is 11.7. The van der Waals surface area contributed by atoms with Gasteiger partial charge in [0, 0.05) is 6.42 Å². The van der Waals surface area contributed by atoms with Crippen LogP contribution >= 0.6 is 0 Å². The number of benzene rings is 1. The normalized spacial score (nSPS) is 13.0. The Bertz CT molecular complexity index is 611. The molecule has 0 radical (unpaired) electrons. The quantitative estimate of drug-likeness (QED) is 0.159. The number of carbonyl (C=O) groups excluding carboxylic acids is 1. The van der Waals surface area contributed by atoms with Crippen LogP contribution in [0.15, 0.2) is 60.7 Å². The monoisotopic (exact) mass is 368 g/mol. The number of hydrogen-bond donors (Lipinski definition) is 0. The highest BCUT2D eigenvalue weighted by atomic mass is 16.5. The Morgan fingerprint density at radius 3 is 2.56 bits per heavy atom. The van der Waals surface area contributed by atoms with Gasteiger partial charge in [-0.15, -0.1) is 0 Å². The van der Waals surface area contributed by atoms with Gasteiger partial charge in [-0.1, -0.05) is 88.3 Å². The van der Waals surface area contributed by atoms with Crippen molar-refractivity contribution in [2.24, 2.45) is 5.92 Å². The smallest absolute Gasteiger partial charge is 0.311 e. The topological polar surface area (TPSA) is 26.3 Å². The Hall–Kier alpha value is -2.09. The molecule has 0 spiro atoms. The summed E-state index contributed by atoms with van der Waals surface area (Å²) < 4.78 is 5.46. The second-order valence-corrected chi connectivity index (χ2v) is 6.95. The predicted molar refractivity (Wildman–Crippen MR) is 116 cm³/mol. The minimum atomic E-state index is -0.159. The lowest BCUT2D eigenvalue weighted by Crippen LogP contribution is -2.08. The van der Waals surface area contributed by atoms with E-state index < -0.39 is 0 Å². The lowest BCUT2D eigenvalue weighted by Gasteiger charge is -2.08. The Balaban J connectivity index is 2.37. The maximum atomic E-state index is 11.7. The van der Waals surface area contributed by atoms with Crippen LogP contribution in [-0.2, 0) is 11.2 Å². The van der Waals surface area contributed by atoms with Crippen molar-refractivity contribution in [3.8, 4) is 5.75 Å². The molecule has 148 valence electrons. The summed E-state index contributed by atoms with van der Waals surface area (Å²) in [6.45, 7) is 6.43. The van der Waals surface area contributed by atoms with Crippen LogP contribution in [0.1, 0.15) is 71.3 Å². The first-order chi connectivity index (χ1) is 13.2. The van der Waals surface area contributed by atoms with Crippen molar-refractivity contribution in [2.75, 3.05) is 0 Å². The molecule has 0 aromatic heterocycles. The van der Waals surface area contributed by atoms with Crippen molar-refractivity contribution in [1.82, 2.24) is 0 Å². The minimum Gasteiger partial charge on any atom is -0.426 e. The highest BCUT2D eigenvalue weighted by molar-refractivity contribution is 5.72. The van der Waals surface area contributed by atoms with E-state index in [1.165, 1.54) is 25.7 Å². The molecule has 0 saturated heterocycles. The summed E-state index contributed by atoms with van der Waals surface area (Å²) in [5.74, 6) is 1.00. The Morgan fingerprint density at radius 2 is 1.78 bits per heavy atom. The first kappa shape index (κ1) is 23.0. The van der Waals surface area contributed by atoms with E-state index in [9.17, 15) is 4.79 Å². The molecule has 1 aromatic carbocycles. The van der Waals surface area contributed by atoms with Gasteiger partial charge in [-0.05, 0) is 49.7 Å². The number of carbonyl (C=O) groups is 1. The number of hydrogen-bond acceptors (Lipinski definition) is 2. The van der Waals surface area contributed by atoms with E-state index in [1.54, 1.807) is 0 Å². The Kier molecular flexibility index (Phi) is 12.8. The van der Waals surface area contributed by atoms with E-state index in [0.29, 0.717) is 18.1 Å². The Labute approximate surface area is 166 Å². The molecule has 0 bridgehead atoms. The van der Waals surface area contributed by atoms with Crippen molar-refractivity contribution in [3.63, 3.8) is 0 Å². The highest BCUT2D eigenvalue weighted by Gasteiger charge is 2.06. The summed E-state index contributed by atoms with van der Waals surface area (Å²) in [5, 5.41) is 0. The van der Waals surface area contributed by atoms with Crippen LogP contribution in [0.3, 0.4) is 0 Å². The van der Waals surface area contributed by atoms with E-state index >= 15 is 0 Å². The molecule has 2 heteroatoms. The van der Waals surface area contributed by atoms with Crippen LogP contribution in [0.4, 0.5) is 0 Å². The number of esters is 1. The second kappa shape index (κ2) is 15.0. The van der Waals surface area contributed by atoms with Crippen LogP contribution in [0.2, 0.25) is 0 Å². The van der Waals surface area contributed by atoms with Crippen molar-refractivity contribution >= 4 is 5.97 Å². The van der Waals surface area contributed by atoms with E-state index in [0.717, 1.165) is 24.8 Å². The van der Waals surface area contributed by atoms with E-state index in [2.05, 4.69) is 50.3 Å². The number of unbranched alkanes of at least 4 members (excludes halogenated alkanes) is 3. The molecule has 1 atom stereocenters. The standard InChI is InChI=1S/C25H36O2/c1-4-6-7-8-11-17-22(3)18-12-9-10-13-19-23-20-14-15-21-24(23)27-25(26)16-5-2/h10-15,17-18,20-22H,4-9,16,19H2,1-3H3/b13-10-,17-11-,18-12-. The molecule has 0 amide bonds. The zero-order valence-electron chi connectivity index (χ0n) is 17.3. The zero-order chi connectivity index (χ0) is 19.7. The van der Waals surface area contributed by atoms with Gasteiger partial charge in [0.15, 0.2) is 0 Å².